The maximum Gasteiger partial charge on any atom is 0.269 e. The van der Waals surface area contributed by atoms with Crippen LogP contribution in [0.2, 0.25) is 0 Å². The third kappa shape index (κ3) is 32.3. The highest BCUT2D eigenvalue weighted by atomic mass is 16.6. The van der Waals surface area contributed by atoms with E-state index in [1.807, 2.05) is 134 Å². The lowest BCUT2D eigenvalue weighted by molar-refractivity contribution is -0.385. The number of H-pyrrole nitrogens is 1. The van der Waals surface area contributed by atoms with Crippen LogP contribution in [0.1, 0.15) is 105 Å². The van der Waals surface area contributed by atoms with Crippen molar-refractivity contribution in [3.63, 3.8) is 0 Å². The second-order valence-electron chi connectivity index (χ2n) is 38.0. The topological polar surface area (TPSA) is 403 Å². The van der Waals surface area contributed by atoms with Gasteiger partial charge in [0, 0.05) is 290 Å². The van der Waals surface area contributed by atoms with Crippen molar-refractivity contribution in [2.75, 3.05) is 176 Å². The molecule has 7 fully saturated rings. The molecule has 2 saturated carbocycles. The number of piperazine rings is 5. The first-order valence-electron chi connectivity index (χ1n) is 50.2. The van der Waals surface area contributed by atoms with E-state index in [0.29, 0.717) is 23.6 Å². The van der Waals surface area contributed by atoms with Crippen LogP contribution in [0.4, 0.5) is 45.6 Å². The number of nitrogens with one attached hydrogen (secondary N) is 2. The summed E-state index contributed by atoms with van der Waals surface area (Å²) in [5, 5.41) is 73.8. The summed E-state index contributed by atoms with van der Waals surface area (Å²) < 4.78 is 21.6. The average molecular weight is 2010 g/mol. The lowest BCUT2D eigenvalue weighted by Gasteiger charge is -2.38. The molecule has 0 spiro atoms. The quantitative estimate of drug-likeness (QED) is 0.0231. The number of anilines is 2. The lowest BCUT2D eigenvalue weighted by Crippen LogP contribution is -2.50. The third-order valence-electron chi connectivity index (χ3n) is 28.1. The fraction of sp³-hybridized carbons (Fsp3) is 0.391. The Bertz CT molecular complexity index is 6160. The number of nitro benzene ring substituents is 6. The second kappa shape index (κ2) is 53.8. The molecule has 6 heterocycles. The molecule has 19 rings (SSSR count). The van der Waals surface area contributed by atoms with Gasteiger partial charge in [0.05, 0.1) is 63.2 Å². The smallest absolute Gasteiger partial charge is 0.269 e. The minimum Gasteiger partial charge on any atom is -0.497 e. The second-order valence-corrected chi connectivity index (χ2v) is 38.0. The molecule has 5 aliphatic heterocycles. The number of nitrogens with zero attached hydrogens (tertiary/aromatic N) is 17. The molecule has 3 atom stereocenters. The highest BCUT2D eigenvalue weighted by Gasteiger charge is 2.38. The molecule has 8 aliphatic rings. The van der Waals surface area contributed by atoms with Crippen molar-refractivity contribution in [2.24, 2.45) is 17.8 Å². The summed E-state index contributed by atoms with van der Waals surface area (Å²) in [5.74, 6) is 5.84. The molecule has 0 radical (unpaired) electrons. The number of aromatic nitrogens is 2. The minimum absolute atomic E-state index is 0.0151. The van der Waals surface area contributed by atoms with Crippen LogP contribution in [-0.4, -0.2) is 267 Å². The van der Waals surface area contributed by atoms with Crippen molar-refractivity contribution in [3.8, 4) is 34.3 Å². The summed E-state index contributed by atoms with van der Waals surface area (Å²) in [6, 6.07) is 71.5. The molecule has 3 unspecified atom stereocenters. The Morgan fingerprint density at radius 2 is 0.803 bits per heavy atom. The van der Waals surface area contributed by atoms with Crippen LogP contribution < -0.4 is 29.2 Å². The molecule has 2 N–H and O–H groups in total. The van der Waals surface area contributed by atoms with Gasteiger partial charge in [0.2, 0.25) is 0 Å². The molecule has 10 aromatic carbocycles. The highest BCUT2D eigenvalue weighted by molar-refractivity contribution is 6.04. The summed E-state index contributed by atoms with van der Waals surface area (Å²) in [7, 11) is 5.04. The van der Waals surface area contributed by atoms with E-state index in [9.17, 15) is 70.3 Å². The average Bonchev–Trinajstić information content (AvgIpc) is 1.63. The van der Waals surface area contributed by atoms with E-state index in [2.05, 4.69) is 96.0 Å². The molecule has 2 bridgehead atoms. The van der Waals surface area contributed by atoms with Gasteiger partial charge in [-0.15, -0.1) is 0 Å². The number of fused-ring (bicyclic) bond motifs is 2. The van der Waals surface area contributed by atoms with Crippen molar-refractivity contribution in [1.29, 1.82) is 0 Å². The molecule has 5 saturated heterocycles. The van der Waals surface area contributed by atoms with Gasteiger partial charge in [0.25, 0.3) is 45.9 Å². The fourth-order valence-electron chi connectivity index (χ4n) is 19.8. The van der Waals surface area contributed by atoms with Crippen LogP contribution in [0, 0.1) is 85.4 Å². The van der Waals surface area contributed by atoms with Crippen molar-refractivity contribution in [2.45, 2.75) is 97.7 Å². The van der Waals surface area contributed by atoms with E-state index in [4.69, 9.17) is 18.9 Å². The number of carbonyl (C=O) groups is 2. The van der Waals surface area contributed by atoms with Gasteiger partial charge >= 0.3 is 0 Å². The lowest BCUT2D eigenvalue weighted by atomic mass is 9.93. The normalized spacial score (nSPS) is 17.8. The standard InChI is InChI=1S/C20H25N3O4.C20H25N3O3.C19H23N3O3.C18H21N3O3.C17H14N4O3.C16H23N3O2/c1-26-19-7-8-20(27-2)17(13-19)15-22-11-9-21(10-12-22)14-16-3-5-18(6-4-16)23(24)25;1-2-26-20-9-5-18(6-10-20)16-22-13-11-21(12-14-22)15-17-3-7-19(8-4-17)23(24)25;23-19(15-3-5-18(6-4-15)22(24)25)21-9-7-20(8-10-21)13-17-12-14-1-2-16(17)11-14;1-24-18-4-2-3-17(13-18)20-11-9-19(10-12-20)14-15-5-7-16(8-6-15)21(22)23;1-11-3-2-4-13(9-11)15-10-16(20-19-15)18-17(22)12-5-7-14(8-6-12)21(23)24;20-19(21)16-7-5-14(6-8-16)13-17-9-11-18(12-10-17)15-3-1-2-4-15/h3-8,13H,9-12,14-15H2,1-2H3;3-10H,2,11-16H2,1H3;1-6,14,16-17H,7-13H2;2-8,13H,9-12,14H2,1H3;2-10H,1H3,(H2,18,19,20,22);5-8,15H,1-4,9-13H2. The van der Waals surface area contributed by atoms with E-state index in [-0.39, 0.29) is 65.6 Å². The largest absolute Gasteiger partial charge is 0.497 e. The summed E-state index contributed by atoms with van der Waals surface area (Å²) in [4.78, 5) is 110. The fourth-order valence-corrected chi connectivity index (χ4v) is 19.8. The summed E-state index contributed by atoms with van der Waals surface area (Å²) in [5.41, 5.74) is 12.4. The summed E-state index contributed by atoms with van der Waals surface area (Å²) in [6.07, 6.45) is 13.0. The number of carbonyl (C=O) groups excluding carboxylic acids is 2. The van der Waals surface area contributed by atoms with Gasteiger partial charge in [0.1, 0.15) is 23.0 Å². The van der Waals surface area contributed by atoms with Crippen LogP contribution >= 0.6 is 0 Å². The molecular formula is C110H131N19O18. The van der Waals surface area contributed by atoms with Crippen LogP contribution in [-0.2, 0) is 39.3 Å². The number of non-ortho nitro benzene ring substituents is 6. The number of ether oxygens (including phenoxy) is 4. The number of allylic oxidation sites excluding steroid dienone is 2. The number of aryl methyl sites for hydroxylation is 1. The predicted molar refractivity (Wildman–Crippen MR) is 564 cm³/mol. The third-order valence-corrected chi connectivity index (χ3v) is 28.1. The number of benzene rings is 10. The Balaban J connectivity index is 0.000000140. The molecule has 774 valence electrons. The maximum absolute atomic E-state index is 12.6. The van der Waals surface area contributed by atoms with E-state index >= 15 is 0 Å². The van der Waals surface area contributed by atoms with Gasteiger partial charge in [-0.05, 0) is 163 Å². The zero-order valence-electron chi connectivity index (χ0n) is 84.1. The maximum atomic E-state index is 12.6. The Morgan fingerprint density at radius 1 is 0.401 bits per heavy atom. The molecule has 11 aromatic rings. The zero-order chi connectivity index (χ0) is 104. The number of methoxy groups -OCH3 is 3. The SMILES string of the molecule is CCOc1ccc(CN2CCN(Cc3ccc([N+](=O)[O-])cc3)CC2)cc1.COc1ccc(OC)c(CN2CCN(Cc3ccc([N+](=O)[O-])cc3)CC2)c1.COc1cccc(N2CCN(Cc3ccc([N+](=O)[O-])cc3)CC2)c1.Cc1cccc(-c2cc(NC(=O)c3ccc([N+](=O)[O-])cc3)n[nH]2)c1.O=C(c1ccc([N+](=O)[O-])cc1)N1CCN(CC2CC3C=CC2C3)CC1.O=[N+]([O-])c1ccc(CN2CCN(C3CCCC3)CC2)cc1. The number of hydrogen-bond donors (Lipinski definition) is 2. The number of hydrogen-bond acceptors (Lipinski definition) is 28. The van der Waals surface area contributed by atoms with E-state index < -0.39 is 9.85 Å². The van der Waals surface area contributed by atoms with E-state index in [1.54, 1.807) is 88.1 Å². The van der Waals surface area contributed by atoms with Crippen LogP contribution in [0.3, 0.4) is 0 Å². The first-order chi connectivity index (χ1) is 71.2. The van der Waals surface area contributed by atoms with E-state index in [1.165, 1.54) is 86.2 Å². The molecule has 37 nitrogen and oxygen atoms in total. The first kappa shape index (κ1) is 108. The van der Waals surface area contributed by atoms with Crippen LogP contribution in [0.25, 0.3) is 11.3 Å². The van der Waals surface area contributed by atoms with Gasteiger partial charge in [-0.1, -0.05) is 115 Å². The molecule has 147 heavy (non-hydrogen) atoms. The van der Waals surface area contributed by atoms with Gasteiger partial charge in [-0.2, -0.15) is 5.10 Å². The van der Waals surface area contributed by atoms with Crippen molar-refractivity contribution in [1.82, 2.24) is 54.3 Å². The monoisotopic (exact) mass is 2010 g/mol. The number of rotatable bonds is 31. The zero-order valence-corrected chi connectivity index (χ0v) is 84.1. The van der Waals surface area contributed by atoms with Gasteiger partial charge in [0.15, 0.2) is 5.82 Å². The molecule has 37 heteroatoms. The Morgan fingerprint density at radius 3 is 1.22 bits per heavy atom. The Kier molecular flexibility index (Phi) is 39.5. The number of nitro groups is 6. The molecule has 3 aliphatic carbocycles. The molecular weight excluding hydrogens is 1880 g/mol. The predicted octanol–water partition coefficient (Wildman–Crippen LogP) is 17.9. The van der Waals surface area contributed by atoms with Gasteiger partial charge < -0.3 is 34.1 Å². The Hall–Kier alpha value is -14.8. The number of aromatic amines is 1. The number of amides is 2. The van der Waals surface area contributed by atoms with Gasteiger partial charge in [-0.3, -0.25) is 115 Å². The summed E-state index contributed by atoms with van der Waals surface area (Å²) >= 11 is 0. The Labute approximate surface area is 856 Å². The minimum atomic E-state index is -0.510. The molecule has 2 amide bonds. The van der Waals surface area contributed by atoms with Crippen molar-refractivity contribution < 1.29 is 58.1 Å². The summed E-state index contributed by atoms with van der Waals surface area (Å²) in [6.45, 7) is 30.6. The highest BCUT2D eigenvalue weighted by Crippen LogP contribution is 2.44. The van der Waals surface area contributed by atoms with E-state index in [0.717, 1.165) is 268 Å². The van der Waals surface area contributed by atoms with Crippen molar-refractivity contribution in [3.05, 3.63) is 366 Å². The molecule has 1 aromatic heterocycles. The van der Waals surface area contributed by atoms with Crippen LogP contribution in [0.15, 0.2) is 255 Å². The van der Waals surface area contributed by atoms with Gasteiger partial charge in [-0.25, -0.2) is 0 Å². The first-order valence-corrected chi connectivity index (χ1v) is 50.2. The van der Waals surface area contributed by atoms with Crippen LogP contribution in [0.5, 0.6) is 23.0 Å². The van der Waals surface area contributed by atoms with Crippen molar-refractivity contribution >= 4 is 57.4 Å².